The molecule has 4 rings (SSSR count). The zero-order chi connectivity index (χ0) is 30.4. The molecule has 42 heavy (non-hydrogen) atoms. The minimum absolute atomic E-state index is 0.0977. The molecule has 3 aromatic rings. The normalized spacial score (nSPS) is 16.9. The molecule has 0 radical (unpaired) electrons. The third kappa shape index (κ3) is 8.12. The lowest BCUT2D eigenvalue weighted by Crippen LogP contribution is -2.57. The second kappa shape index (κ2) is 13.7. The Balaban J connectivity index is 1.53. The summed E-state index contributed by atoms with van der Waals surface area (Å²) in [6, 6.07) is 7.38. The van der Waals surface area contributed by atoms with Crippen LogP contribution in [0.5, 0.6) is 0 Å². The van der Waals surface area contributed by atoms with Crippen LogP contribution in [0.2, 0.25) is 0 Å². The van der Waals surface area contributed by atoms with Gasteiger partial charge in [0.2, 0.25) is 5.91 Å². The second-order valence-electron chi connectivity index (χ2n) is 10.5. The Morgan fingerprint density at radius 3 is 2.38 bits per heavy atom. The average molecular weight is 608 g/mol. The first-order chi connectivity index (χ1) is 19.9. The van der Waals surface area contributed by atoms with Crippen molar-refractivity contribution >= 4 is 21.8 Å². The molecule has 1 aromatic heterocycles. The smallest absolute Gasteiger partial charge is 0.280 e. The third-order valence-corrected chi connectivity index (χ3v) is 8.81. The SMILES string of the molecule is CC(C)NS(=O)(=O)N1CCNC[C@@H]1CCc1c(F)cncc1NC(=O)C[C@@H](c1ccc(F)cc1)c1cc(F)cc(F)c1. The Kier molecular flexibility index (Phi) is 10.3. The largest absolute Gasteiger partial charge is 0.324 e. The zero-order valence-corrected chi connectivity index (χ0v) is 24.0. The number of amides is 1. The van der Waals surface area contributed by atoms with Crippen LogP contribution in [0.3, 0.4) is 0 Å². The molecule has 0 bridgehead atoms. The van der Waals surface area contributed by atoms with Gasteiger partial charge in [0.1, 0.15) is 23.3 Å². The summed E-state index contributed by atoms with van der Waals surface area (Å²) in [6.07, 6.45) is 2.37. The highest BCUT2D eigenvalue weighted by Gasteiger charge is 2.33. The van der Waals surface area contributed by atoms with Gasteiger partial charge in [0.05, 0.1) is 18.1 Å². The van der Waals surface area contributed by atoms with Crippen molar-refractivity contribution in [3.8, 4) is 0 Å². The molecule has 1 amide bonds. The van der Waals surface area contributed by atoms with Crippen LogP contribution >= 0.6 is 0 Å². The standard InChI is InChI=1S/C29H33F4N5O3S/c1-18(2)37-42(40,41)38-10-9-34-15-24(38)7-8-25-27(33)16-35-17-28(25)36-29(39)14-26(19-3-5-21(30)6-4-19)20-11-22(31)13-23(32)12-20/h3-6,11-13,16-18,24,26,34,37H,7-10,14-15H2,1-2H3,(H,36,39)/t24-,26-/m0/s1. The Bertz CT molecular complexity index is 1490. The minimum atomic E-state index is -3.76. The zero-order valence-electron chi connectivity index (χ0n) is 23.2. The van der Waals surface area contributed by atoms with Gasteiger partial charge in [-0.2, -0.15) is 17.4 Å². The van der Waals surface area contributed by atoms with E-state index in [2.05, 4.69) is 20.3 Å². The van der Waals surface area contributed by atoms with Crippen LogP contribution in [0.4, 0.5) is 23.2 Å². The minimum Gasteiger partial charge on any atom is -0.324 e. The summed E-state index contributed by atoms with van der Waals surface area (Å²) in [4.78, 5) is 17.1. The van der Waals surface area contributed by atoms with Crippen LogP contribution in [0.1, 0.15) is 49.3 Å². The van der Waals surface area contributed by atoms with Gasteiger partial charge in [-0.15, -0.1) is 0 Å². The van der Waals surface area contributed by atoms with Gasteiger partial charge in [0, 0.05) is 55.7 Å². The number of nitrogens with one attached hydrogen (secondary N) is 3. The van der Waals surface area contributed by atoms with Crippen molar-refractivity contribution < 1.29 is 30.8 Å². The number of piperazine rings is 1. The molecule has 0 unspecified atom stereocenters. The number of nitrogens with zero attached hydrogens (tertiary/aromatic N) is 2. The van der Waals surface area contributed by atoms with E-state index < -0.39 is 51.3 Å². The van der Waals surface area contributed by atoms with E-state index in [0.717, 1.165) is 18.3 Å². The van der Waals surface area contributed by atoms with Crippen molar-refractivity contribution in [3.63, 3.8) is 0 Å². The molecular weight excluding hydrogens is 574 g/mol. The Labute approximate surface area is 242 Å². The van der Waals surface area contributed by atoms with Crippen LogP contribution in [0.25, 0.3) is 0 Å². The molecule has 3 N–H and O–H groups in total. The highest BCUT2D eigenvalue weighted by molar-refractivity contribution is 7.87. The Hall–Kier alpha value is -3.39. The first-order valence-electron chi connectivity index (χ1n) is 13.6. The summed E-state index contributed by atoms with van der Waals surface area (Å²) in [5, 5.41) is 5.82. The number of hydrogen-bond acceptors (Lipinski definition) is 5. The van der Waals surface area contributed by atoms with Crippen molar-refractivity contribution in [1.29, 1.82) is 0 Å². The number of carbonyl (C=O) groups excluding carboxylic acids is 1. The van der Waals surface area contributed by atoms with Gasteiger partial charge >= 0.3 is 0 Å². The van der Waals surface area contributed by atoms with E-state index in [1.54, 1.807) is 13.8 Å². The molecule has 1 fully saturated rings. The molecule has 0 aliphatic carbocycles. The van der Waals surface area contributed by atoms with E-state index in [-0.39, 0.29) is 48.7 Å². The highest BCUT2D eigenvalue weighted by Crippen LogP contribution is 2.31. The van der Waals surface area contributed by atoms with E-state index in [1.807, 2.05) is 0 Å². The van der Waals surface area contributed by atoms with Crippen LogP contribution in [-0.4, -0.2) is 55.3 Å². The number of aromatic nitrogens is 1. The molecule has 2 aromatic carbocycles. The van der Waals surface area contributed by atoms with Gasteiger partial charge in [0.25, 0.3) is 10.2 Å². The predicted octanol–water partition coefficient (Wildman–Crippen LogP) is 4.25. The number of benzene rings is 2. The number of halogens is 4. The maximum atomic E-state index is 15.0. The number of rotatable bonds is 11. The topological polar surface area (TPSA) is 103 Å². The summed E-state index contributed by atoms with van der Waals surface area (Å²) in [5.41, 5.74) is 0.873. The fourth-order valence-electron chi connectivity index (χ4n) is 5.09. The molecule has 8 nitrogen and oxygen atoms in total. The summed E-state index contributed by atoms with van der Waals surface area (Å²) >= 11 is 0. The van der Waals surface area contributed by atoms with Gasteiger partial charge in [-0.25, -0.2) is 17.6 Å². The van der Waals surface area contributed by atoms with Crippen molar-refractivity contribution in [2.75, 3.05) is 25.0 Å². The fraction of sp³-hybridized carbons (Fsp3) is 0.379. The average Bonchev–Trinajstić information content (AvgIpc) is 2.91. The molecule has 1 saturated heterocycles. The summed E-state index contributed by atoms with van der Waals surface area (Å²) in [7, 11) is -3.76. The molecule has 226 valence electrons. The number of pyridine rings is 1. The van der Waals surface area contributed by atoms with E-state index in [9.17, 15) is 30.8 Å². The van der Waals surface area contributed by atoms with Crippen LogP contribution < -0.4 is 15.4 Å². The van der Waals surface area contributed by atoms with Crippen LogP contribution in [-0.2, 0) is 21.4 Å². The molecule has 2 heterocycles. The molecule has 13 heteroatoms. The van der Waals surface area contributed by atoms with Crippen LogP contribution in [0.15, 0.2) is 54.9 Å². The van der Waals surface area contributed by atoms with E-state index in [0.29, 0.717) is 24.7 Å². The molecule has 0 spiro atoms. The van der Waals surface area contributed by atoms with Crippen molar-refractivity contribution in [3.05, 3.63) is 94.8 Å². The maximum Gasteiger partial charge on any atom is 0.280 e. The molecule has 1 aliphatic heterocycles. The lowest BCUT2D eigenvalue weighted by Gasteiger charge is -2.35. The van der Waals surface area contributed by atoms with Gasteiger partial charge in [-0.05, 0) is 62.1 Å². The van der Waals surface area contributed by atoms with Gasteiger partial charge in [-0.3, -0.25) is 9.78 Å². The molecule has 1 aliphatic rings. The van der Waals surface area contributed by atoms with Gasteiger partial charge < -0.3 is 10.6 Å². The predicted molar refractivity (Wildman–Crippen MR) is 151 cm³/mol. The van der Waals surface area contributed by atoms with Crippen molar-refractivity contribution in [2.45, 2.75) is 51.1 Å². The quantitative estimate of drug-likeness (QED) is 0.283. The van der Waals surface area contributed by atoms with E-state index in [1.165, 1.54) is 34.8 Å². The maximum absolute atomic E-state index is 15.0. The first kappa shape index (κ1) is 31.5. The second-order valence-corrected chi connectivity index (χ2v) is 12.1. The molecule has 0 saturated carbocycles. The van der Waals surface area contributed by atoms with E-state index >= 15 is 0 Å². The molecular formula is C29H33F4N5O3S. The van der Waals surface area contributed by atoms with Crippen molar-refractivity contribution in [1.82, 2.24) is 19.3 Å². The fourth-order valence-corrected chi connectivity index (χ4v) is 6.73. The van der Waals surface area contributed by atoms with Crippen molar-refractivity contribution in [2.24, 2.45) is 0 Å². The Morgan fingerprint density at radius 1 is 1.02 bits per heavy atom. The highest BCUT2D eigenvalue weighted by atomic mass is 32.2. The van der Waals surface area contributed by atoms with Crippen LogP contribution in [0, 0.1) is 23.3 Å². The van der Waals surface area contributed by atoms with E-state index in [4.69, 9.17) is 0 Å². The number of hydrogen-bond donors (Lipinski definition) is 3. The number of anilines is 1. The Morgan fingerprint density at radius 2 is 1.71 bits per heavy atom. The first-order valence-corrected chi connectivity index (χ1v) is 15.0. The lowest BCUT2D eigenvalue weighted by molar-refractivity contribution is -0.116. The van der Waals surface area contributed by atoms with Gasteiger partial charge in [-0.1, -0.05) is 12.1 Å². The lowest BCUT2D eigenvalue weighted by atomic mass is 9.88. The number of carbonyl (C=O) groups is 1. The monoisotopic (exact) mass is 607 g/mol. The summed E-state index contributed by atoms with van der Waals surface area (Å²) in [6.45, 7) is 4.55. The van der Waals surface area contributed by atoms with Gasteiger partial charge in [0.15, 0.2) is 0 Å². The molecule has 2 atom stereocenters. The third-order valence-electron chi connectivity index (χ3n) is 6.95. The summed E-state index contributed by atoms with van der Waals surface area (Å²) in [5.74, 6) is -4.26. The summed E-state index contributed by atoms with van der Waals surface area (Å²) < 4.78 is 86.4.